The molecule has 0 amide bonds. The summed E-state index contributed by atoms with van der Waals surface area (Å²) in [6, 6.07) is 6.93. The highest BCUT2D eigenvalue weighted by Gasteiger charge is 2.27. The number of H-pyrrole nitrogens is 1. The van der Waals surface area contributed by atoms with Gasteiger partial charge in [-0.15, -0.1) is 0 Å². The van der Waals surface area contributed by atoms with E-state index in [9.17, 15) is 4.79 Å². The van der Waals surface area contributed by atoms with Crippen molar-refractivity contribution in [1.29, 1.82) is 0 Å². The van der Waals surface area contributed by atoms with Gasteiger partial charge in [0.05, 0.1) is 12.7 Å². The maximum atomic E-state index is 11.8. The molecule has 2 aliphatic carbocycles. The van der Waals surface area contributed by atoms with Crippen LogP contribution < -0.4 is 5.32 Å². The molecular weight excluding hydrogens is 300 g/mol. The molecule has 1 fully saturated rings. The maximum Gasteiger partial charge on any atom is 0.337 e. The third-order valence-corrected chi connectivity index (χ3v) is 5.67. The number of benzene rings is 1. The summed E-state index contributed by atoms with van der Waals surface area (Å²) in [5.41, 5.74) is 4.48. The third-order valence-electron chi connectivity index (χ3n) is 5.67. The molecule has 1 atom stereocenters. The summed E-state index contributed by atoms with van der Waals surface area (Å²) in [5, 5.41) is 5.08. The van der Waals surface area contributed by atoms with Crippen LogP contribution in [0, 0.1) is 0 Å². The van der Waals surface area contributed by atoms with Crippen LogP contribution in [0.25, 0.3) is 10.9 Å². The quantitative estimate of drug-likeness (QED) is 0.829. The van der Waals surface area contributed by atoms with Gasteiger partial charge in [-0.2, -0.15) is 0 Å². The molecule has 2 N–H and O–H groups in total. The van der Waals surface area contributed by atoms with Crippen molar-refractivity contribution in [1.82, 2.24) is 10.3 Å². The minimum absolute atomic E-state index is 0.264. The van der Waals surface area contributed by atoms with Crippen molar-refractivity contribution in [3.63, 3.8) is 0 Å². The van der Waals surface area contributed by atoms with Crippen LogP contribution in [-0.4, -0.2) is 24.1 Å². The molecule has 24 heavy (non-hydrogen) atoms. The normalized spacial score (nSPS) is 21.6. The average Bonchev–Trinajstić information content (AvgIpc) is 3.01. The van der Waals surface area contributed by atoms with Gasteiger partial charge in [-0.05, 0) is 55.9 Å². The third kappa shape index (κ3) is 2.84. The van der Waals surface area contributed by atoms with E-state index in [1.54, 1.807) is 0 Å². The number of aromatic nitrogens is 1. The van der Waals surface area contributed by atoms with Crippen LogP contribution in [0.15, 0.2) is 18.2 Å². The Labute approximate surface area is 143 Å². The monoisotopic (exact) mass is 326 g/mol. The molecule has 2 aromatic rings. The highest BCUT2D eigenvalue weighted by molar-refractivity contribution is 5.96. The molecule has 4 rings (SSSR count). The molecule has 1 heterocycles. The van der Waals surface area contributed by atoms with Gasteiger partial charge in [0.15, 0.2) is 0 Å². The zero-order chi connectivity index (χ0) is 16.5. The van der Waals surface area contributed by atoms with Gasteiger partial charge in [0.2, 0.25) is 0 Å². The molecular formula is C20H26N2O2. The topological polar surface area (TPSA) is 54.1 Å². The maximum absolute atomic E-state index is 11.8. The second-order valence-corrected chi connectivity index (χ2v) is 7.22. The van der Waals surface area contributed by atoms with E-state index in [4.69, 9.17) is 4.74 Å². The van der Waals surface area contributed by atoms with Gasteiger partial charge in [-0.1, -0.05) is 19.3 Å². The Balaban J connectivity index is 1.65. The summed E-state index contributed by atoms with van der Waals surface area (Å²) >= 11 is 0. The number of nitrogens with one attached hydrogen (secondary N) is 2. The van der Waals surface area contributed by atoms with Gasteiger partial charge < -0.3 is 15.0 Å². The number of ether oxygens (including phenoxy) is 1. The summed E-state index contributed by atoms with van der Waals surface area (Å²) in [4.78, 5) is 15.5. The van der Waals surface area contributed by atoms with Crippen LogP contribution in [-0.2, 0) is 11.2 Å². The van der Waals surface area contributed by atoms with Crippen molar-refractivity contribution in [2.45, 2.75) is 63.5 Å². The highest BCUT2D eigenvalue weighted by Crippen LogP contribution is 2.36. The molecule has 0 bridgehead atoms. The first-order chi connectivity index (χ1) is 11.8. The number of rotatable bonds is 3. The molecule has 0 aliphatic heterocycles. The van der Waals surface area contributed by atoms with Crippen molar-refractivity contribution in [2.24, 2.45) is 0 Å². The lowest BCUT2D eigenvalue weighted by atomic mass is 9.89. The lowest BCUT2D eigenvalue weighted by Crippen LogP contribution is -2.36. The lowest BCUT2D eigenvalue weighted by Gasteiger charge is -2.31. The molecule has 4 heteroatoms. The van der Waals surface area contributed by atoms with E-state index in [1.807, 2.05) is 18.2 Å². The van der Waals surface area contributed by atoms with Crippen LogP contribution in [0.5, 0.6) is 0 Å². The van der Waals surface area contributed by atoms with Gasteiger partial charge in [0.1, 0.15) is 0 Å². The number of methoxy groups -OCH3 is 1. The highest BCUT2D eigenvalue weighted by atomic mass is 16.5. The van der Waals surface area contributed by atoms with Crippen molar-refractivity contribution in [3.05, 3.63) is 35.0 Å². The Kier molecular flexibility index (Phi) is 4.31. The Morgan fingerprint density at radius 2 is 2.00 bits per heavy atom. The molecule has 2 aliphatic rings. The van der Waals surface area contributed by atoms with Crippen LogP contribution in [0.4, 0.5) is 0 Å². The molecule has 1 aromatic carbocycles. The number of carbonyl (C=O) groups excluding carboxylic acids is 1. The second-order valence-electron chi connectivity index (χ2n) is 7.22. The number of hydrogen-bond donors (Lipinski definition) is 2. The first kappa shape index (κ1) is 15.7. The second kappa shape index (κ2) is 6.60. The van der Waals surface area contributed by atoms with Gasteiger partial charge in [-0.3, -0.25) is 0 Å². The van der Waals surface area contributed by atoms with E-state index >= 15 is 0 Å². The summed E-state index contributed by atoms with van der Waals surface area (Å²) in [5.74, 6) is -0.264. The predicted molar refractivity (Wildman–Crippen MR) is 95.3 cm³/mol. The molecule has 4 nitrogen and oxygen atoms in total. The minimum Gasteiger partial charge on any atom is -0.465 e. The smallest absolute Gasteiger partial charge is 0.337 e. The van der Waals surface area contributed by atoms with Gasteiger partial charge in [0, 0.05) is 28.7 Å². The van der Waals surface area contributed by atoms with Crippen LogP contribution in [0.2, 0.25) is 0 Å². The van der Waals surface area contributed by atoms with E-state index in [0.717, 1.165) is 11.9 Å². The van der Waals surface area contributed by atoms with E-state index in [0.29, 0.717) is 17.6 Å². The number of aryl methyl sites for hydroxylation is 1. The molecule has 128 valence electrons. The van der Waals surface area contributed by atoms with E-state index in [1.165, 1.54) is 68.7 Å². The molecule has 1 saturated carbocycles. The molecule has 0 spiro atoms. The van der Waals surface area contributed by atoms with E-state index < -0.39 is 0 Å². The number of esters is 1. The fourth-order valence-corrected chi connectivity index (χ4v) is 4.43. The summed E-state index contributed by atoms with van der Waals surface area (Å²) < 4.78 is 4.87. The molecule has 0 saturated heterocycles. The van der Waals surface area contributed by atoms with Crippen molar-refractivity contribution in [3.8, 4) is 0 Å². The fraction of sp³-hybridized carbons (Fsp3) is 0.550. The minimum atomic E-state index is -0.264. The molecule has 0 radical (unpaired) electrons. The Morgan fingerprint density at radius 3 is 2.79 bits per heavy atom. The first-order valence-corrected chi connectivity index (χ1v) is 9.25. The number of carbonyl (C=O) groups is 1. The first-order valence-electron chi connectivity index (χ1n) is 9.25. The summed E-state index contributed by atoms with van der Waals surface area (Å²) in [7, 11) is 1.43. The van der Waals surface area contributed by atoms with Crippen LogP contribution >= 0.6 is 0 Å². The fourth-order valence-electron chi connectivity index (χ4n) is 4.43. The summed E-state index contributed by atoms with van der Waals surface area (Å²) in [6.45, 7) is 0. The number of fused-ring (bicyclic) bond motifs is 3. The van der Waals surface area contributed by atoms with Crippen LogP contribution in [0.1, 0.15) is 72.6 Å². The lowest BCUT2D eigenvalue weighted by molar-refractivity contribution is 0.0601. The van der Waals surface area contributed by atoms with Crippen molar-refractivity contribution < 1.29 is 9.53 Å². The van der Waals surface area contributed by atoms with Crippen molar-refractivity contribution in [2.75, 3.05) is 7.11 Å². The zero-order valence-corrected chi connectivity index (χ0v) is 14.4. The largest absolute Gasteiger partial charge is 0.465 e. The van der Waals surface area contributed by atoms with Gasteiger partial charge in [0.25, 0.3) is 0 Å². The Morgan fingerprint density at radius 1 is 1.17 bits per heavy atom. The molecule has 1 aromatic heterocycles. The Hall–Kier alpha value is -1.81. The number of hydrogen-bond acceptors (Lipinski definition) is 3. The molecule has 1 unspecified atom stereocenters. The predicted octanol–water partition coefficient (Wildman–Crippen LogP) is 4.25. The SMILES string of the molecule is COC(=O)c1ccc2[nH]c3c(c2c1)CCCC3NC1CCCCC1. The standard InChI is InChI=1S/C20H26N2O2/c1-24-20(23)13-10-11-17-16(12-13)15-8-5-9-18(19(15)22-17)21-14-6-3-2-4-7-14/h10-12,14,18,21-22H,2-9H2,1H3. The number of aromatic amines is 1. The van der Waals surface area contributed by atoms with Gasteiger partial charge in [-0.25, -0.2) is 4.79 Å². The Bertz CT molecular complexity index is 743. The van der Waals surface area contributed by atoms with Crippen molar-refractivity contribution >= 4 is 16.9 Å². The van der Waals surface area contributed by atoms with Gasteiger partial charge >= 0.3 is 5.97 Å². The summed E-state index contributed by atoms with van der Waals surface area (Å²) in [6.07, 6.45) is 10.2. The van der Waals surface area contributed by atoms with Crippen LogP contribution in [0.3, 0.4) is 0 Å². The van der Waals surface area contributed by atoms with E-state index in [2.05, 4.69) is 10.3 Å². The average molecular weight is 326 g/mol. The zero-order valence-electron chi connectivity index (χ0n) is 14.4. The van der Waals surface area contributed by atoms with E-state index in [-0.39, 0.29) is 5.97 Å².